The highest BCUT2D eigenvalue weighted by Crippen LogP contribution is 2.19. The smallest absolute Gasteiger partial charge is 0.223 e. The molecule has 1 fully saturated rings. The number of hydrogen-bond donors (Lipinski definition) is 2. The second-order valence-corrected chi connectivity index (χ2v) is 5.70. The Balaban J connectivity index is 2.45. The molecule has 0 aromatic rings. The van der Waals surface area contributed by atoms with Gasteiger partial charge in [0.25, 0.3) is 0 Å². The standard InChI is InChI=1S/C13H26N2O/c1-5-7-13(3,4)15-12(16)11-6-8-14-10(2)9-11/h10-11,14H,5-9H2,1-4H3,(H,15,16)/t10-,11-/m0/s1. The van der Waals surface area contributed by atoms with Gasteiger partial charge < -0.3 is 10.6 Å². The first kappa shape index (κ1) is 13.5. The maximum Gasteiger partial charge on any atom is 0.223 e. The van der Waals surface area contributed by atoms with Crippen molar-refractivity contribution in [3.63, 3.8) is 0 Å². The number of piperidine rings is 1. The summed E-state index contributed by atoms with van der Waals surface area (Å²) in [5, 5.41) is 6.56. The third-order valence-corrected chi connectivity index (χ3v) is 3.33. The maximum atomic E-state index is 12.1. The molecular formula is C13H26N2O. The number of amides is 1. The molecule has 0 aromatic heterocycles. The molecule has 1 aliphatic rings. The SMILES string of the molecule is CCCC(C)(C)NC(=O)[C@H]1CCN[C@@H](C)C1. The van der Waals surface area contributed by atoms with Gasteiger partial charge in [-0.2, -0.15) is 0 Å². The summed E-state index contributed by atoms with van der Waals surface area (Å²) in [4.78, 5) is 12.1. The molecule has 2 atom stereocenters. The van der Waals surface area contributed by atoms with Crippen LogP contribution in [0, 0.1) is 5.92 Å². The molecule has 0 bridgehead atoms. The van der Waals surface area contributed by atoms with Gasteiger partial charge in [0, 0.05) is 17.5 Å². The van der Waals surface area contributed by atoms with Gasteiger partial charge in [-0.15, -0.1) is 0 Å². The van der Waals surface area contributed by atoms with Gasteiger partial charge in [0.15, 0.2) is 0 Å². The predicted molar refractivity (Wildman–Crippen MR) is 67.3 cm³/mol. The van der Waals surface area contributed by atoms with Gasteiger partial charge in [-0.05, 0) is 46.6 Å². The van der Waals surface area contributed by atoms with Crippen LogP contribution in [0.25, 0.3) is 0 Å². The highest BCUT2D eigenvalue weighted by Gasteiger charge is 2.28. The van der Waals surface area contributed by atoms with Gasteiger partial charge >= 0.3 is 0 Å². The molecule has 1 saturated heterocycles. The lowest BCUT2D eigenvalue weighted by Crippen LogP contribution is -2.49. The maximum absolute atomic E-state index is 12.1. The summed E-state index contributed by atoms with van der Waals surface area (Å²) in [6, 6.07) is 0.471. The van der Waals surface area contributed by atoms with Crippen molar-refractivity contribution in [2.75, 3.05) is 6.54 Å². The summed E-state index contributed by atoms with van der Waals surface area (Å²) in [6.45, 7) is 9.49. The molecule has 1 aliphatic heterocycles. The Morgan fingerprint density at radius 3 is 2.75 bits per heavy atom. The molecule has 0 radical (unpaired) electrons. The zero-order chi connectivity index (χ0) is 12.2. The Morgan fingerprint density at radius 2 is 2.19 bits per heavy atom. The molecule has 3 nitrogen and oxygen atoms in total. The Morgan fingerprint density at radius 1 is 1.50 bits per heavy atom. The fourth-order valence-corrected chi connectivity index (χ4v) is 2.49. The highest BCUT2D eigenvalue weighted by molar-refractivity contribution is 5.79. The van der Waals surface area contributed by atoms with Crippen LogP contribution in [0.1, 0.15) is 53.4 Å². The second-order valence-electron chi connectivity index (χ2n) is 5.70. The average molecular weight is 226 g/mol. The van der Waals surface area contributed by atoms with Gasteiger partial charge in [-0.3, -0.25) is 4.79 Å². The summed E-state index contributed by atoms with van der Waals surface area (Å²) in [5.74, 6) is 0.444. The fraction of sp³-hybridized carbons (Fsp3) is 0.923. The minimum Gasteiger partial charge on any atom is -0.351 e. The number of rotatable bonds is 4. The van der Waals surface area contributed by atoms with Gasteiger partial charge in [0.05, 0.1) is 0 Å². The van der Waals surface area contributed by atoms with Crippen LogP contribution in [0.5, 0.6) is 0 Å². The first-order chi connectivity index (χ1) is 7.44. The van der Waals surface area contributed by atoms with E-state index in [1.165, 1.54) is 0 Å². The quantitative estimate of drug-likeness (QED) is 0.770. The van der Waals surface area contributed by atoms with Crippen molar-refractivity contribution in [3.8, 4) is 0 Å². The topological polar surface area (TPSA) is 41.1 Å². The number of nitrogens with one attached hydrogen (secondary N) is 2. The van der Waals surface area contributed by atoms with E-state index in [0.29, 0.717) is 6.04 Å². The van der Waals surface area contributed by atoms with E-state index in [-0.39, 0.29) is 17.4 Å². The number of hydrogen-bond acceptors (Lipinski definition) is 2. The van der Waals surface area contributed by atoms with Crippen LogP contribution in [-0.2, 0) is 4.79 Å². The lowest BCUT2D eigenvalue weighted by Gasteiger charge is -2.32. The van der Waals surface area contributed by atoms with Crippen LogP contribution in [0.2, 0.25) is 0 Å². The number of carbonyl (C=O) groups excluding carboxylic acids is 1. The molecule has 0 aliphatic carbocycles. The summed E-state index contributed by atoms with van der Waals surface area (Å²) in [5.41, 5.74) is -0.0556. The Hall–Kier alpha value is -0.570. The van der Waals surface area contributed by atoms with Gasteiger partial charge in [0.2, 0.25) is 5.91 Å². The molecule has 3 heteroatoms. The van der Waals surface area contributed by atoms with Gasteiger partial charge in [0.1, 0.15) is 0 Å². The Kier molecular flexibility index (Phi) is 4.78. The van der Waals surface area contributed by atoms with E-state index in [0.717, 1.165) is 32.2 Å². The Bertz CT molecular complexity index is 238. The third kappa shape index (κ3) is 4.12. The lowest BCUT2D eigenvalue weighted by molar-refractivity contribution is -0.127. The van der Waals surface area contributed by atoms with Crippen molar-refractivity contribution in [1.82, 2.24) is 10.6 Å². The molecule has 1 rings (SSSR count). The molecular weight excluding hydrogens is 200 g/mol. The zero-order valence-corrected chi connectivity index (χ0v) is 11.1. The summed E-state index contributed by atoms with van der Waals surface area (Å²) in [6.07, 6.45) is 4.08. The van der Waals surface area contributed by atoms with Crippen molar-refractivity contribution >= 4 is 5.91 Å². The van der Waals surface area contributed by atoms with E-state index in [1.807, 2.05) is 0 Å². The highest BCUT2D eigenvalue weighted by atomic mass is 16.2. The first-order valence-electron chi connectivity index (χ1n) is 6.50. The van der Waals surface area contributed by atoms with Crippen molar-refractivity contribution in [2.24, 2.45) is 5.92 Å². The minimum atomic E-state index is -0.0556. The Labute approximate surface area is 99.4 Å². The van der Waals surface area contributed by atoms with Crippen LogP contribution < -0.4 is 10.6 Å². The second kappa shape index (κ2) is 5.67. The van der Waals surface area contributed by atoms with E-state index < -0.39 is 0 Å². The molecule has 0 aromatic carbocycles. The van der Waals surface area contributed by atoms with Gasteiger partial charge in [-0.1, -0.05) is 13.3 Å². The average Bonchev–Trinajstić information content (AvgIpc) is 2.16. The van der Waals surface area contributed by atoms with Crippen molar-refractivity contribution in [3.05, 3.63) is 0 Å². The molecule has 16 heavy (non-hydrogen) atoms. The molecule has 1 heterocycles. The van der Waals surface area contributed by atoms with Crippen LogP contribution >= 0.6 is 0 Å². The van der Waals surface area contributed by atoms with Crippen LogP contribution in [0.3, 0.4) is 0 Å². The van der Waals surface area contributed by atoms with Crippen molar-refractivity contribution < 1.29 is 4.79 Å². The molecule has 0 unspecified atom stereocenters. The predicted octanol–water partition coefficient (Wildman–Crippen LogP) is 2.07. The minimum absolute atomic E-state index is 0.0556. The van der Waals surface area contributed by atoms with Gasteiger partial charge in [-0.25, -0.2) is 0 Å². The van der Waals surface area contributed by atoms with E-state index in [4.69, 9.17) is 0 Å². The fourth-order valence-electron chi connectivity index (χ4n) is 2.49. The van der Waals surface area contributed by atoms with E-state index in [2.05, 4.69) is 38.3 Å². The third-order valence-electron chi connectivity index (χ3n) is 3.33. The van der Waals surface area contributed by atoms with Crippen molar-refractivity contribution in [2.45, 2.75) is 65.0 Å². The summed E-state index contributed by atoms with van der Waals surface area (Å²) < 4.78 is 0. The van der Waals surface area contributed by atoms with Crippen LogP contribution in [0.15, 0.2) is 0 Å². The lowest BCUT2D eigenvalue weighted by atomic mass is 9.90. The molecule has 2 N–H and O–H groups in total. The van der Waals surface area contributed by atoms with Crippen molar-refractivity contribution in [1.29, 1.82) is 0 Å². The monoisotopic (exact) mass is 226 g/mol. The van der Waals surface area contributed by atoms with E-state index in [1.54, 1.807) is 0 Å². The first-order valence-corrected chi connectivity index (χ1v) is 6.50. The van der Waals surface area contributed by atoms with E-state index in [9.17, 15) is 4.79 Å². The summed E-state index contributed by atoms with van der Waals surface area (Å²) >= 11 is 0. The molecule has 0 spiro atoms. The van der Waals surface area contributed by atoms with E-state index >= 15 is 0 Å². The zero-order valence-electron chi connectivity index (χ0n) is 11.1. The largest absolute Gasteiger partial charge is 0.351 e. The van der Waals surface area contributed by atoms with Crippen LogP contribution in [-0.4, -0.2) is 24.0 Å². The van der Waals surface area contributed by atoms with Crippen LogP contribution in [0.4, 0.5) is 0 Å². The number of carbonyl (C=O) groups is 1. The molecule has 1 amide bonds. The molecule has 0 saturated carbocycles. The summed E-state index contributed by atoms with van der Waals surface area (Å²) in [7, 11) is 0. The normalized spacial score (nSPS) is 26.5. The molecule has 94 valence electrons.